The zero-order chi connectivity index (χ0) is 10.4. The molecule has 15 heavy (non-hydrogen) atoms. The van der Waals surface area contributed by atoms with Gasteiger partial charge >= 0.3 is 0 Å². The Morgan fingerprint density at radius 1 is 1.47 bits per heavy atom. The molecular formula is C12H14N2O. The molecule has 1 atom stereocenters. The van der Waals surface area contributed by atoms with E-state index < -0.39 is 0 Å². The molecule has 0 spiro atoms. The van der Waals surface area contributed by atoms with Gasteiger partial charge in [0.1, 0.15) is 11.9 Å². The Kier molecular flexibility index (Phi) is 1.83. The molecule has 3 heteroatoms. The van der Waals surface area contributed by atoms with Gasteiger partial charge in [0.05, 0.1) is 5.69 Å². The van der Waals surface area contributed by atoms with Gasteiger partial charge in [0, 0.05) is 13.1 Å². The lowest BCUT2D eigenvalue weighted by atomic mass is 10.1. The fraction of sp³-hybridized carbons (Fsp3) is 0.417. The fourth-order valence-corrected chi connectivity index (χ4v) is 2.28. The molecule has 0 bridgehead atoms. The molecule has 78 valence electrons. The molecule has 1 N–H and O–H groups in total. The summed E-state index contributed by atoms with van der Waals surface area (Å²) in [6.45, 7) is 3.89. The van der Waals surface area contributed by atoms with Crippen LogP contribution in [0.25, 0.3) is 0 Å². The summed E-state index contributed by atoms with van der Waals surface area (Å²) in [5, 5.41) is 9.75. The van der Waals surface area contributed by atoms with Gasteiger partial charge in [-0.25, -0.2) is 4.99 Å². The summed E-state index contributed by atoms with van der Waals surface area (Å²) >= 11 is 0. The number of amidine groups is 1. The highest BCUT2D eigenvalue weighted by molar-refractivity contribution is 5.92. The number of fused-ring (bicyclic) bond motifs is 2. The maximum absolute atomic E-state index is 9.75. The zero-order valence-corrected chi connectivity index (χ0v) is 8.77. The number of nitrogens with zero attached hydrogens (tertiary/aromatic N) is 2. The molecule has 0 aliphatic carbocycles. The van der Waals surface area contributed by atoms with E-state index in [1.807, 2.05) is 0 Å². The van der Waals surface area contributed by atoms with E-state index in [1.54, 1.807) is 0 Å². The van der Waals surface area contributed by atoms with Gasteiger partial charge in [0.15, 0.2) is 0 Å². The SMILES string of the molecule is Cc1ccc2c(c1)N=C1C(O)CCN1C2. The van der Waals surface area contributed by atoms with Crippen LogP contribution in [0.2, 0.25) is 0 Å². The molecule has 2 aliphatic heterocycles. The van der Waals surface area contributed by atoms with Crippen molar-refractivity contribution < 1.29 is 5.11 Å². The number of aliphatic hydroxyl groups excluding tert-OH is 1. The van der Waals surface area contributed by atoms with Crippen molar-refractivity contribution in [3.05, 3.63) is 29.3 Å². The van der Waals surface area contributed by atoms with Crippen LogP contribution in [0.15, 0.2) is 23.2 Å². The lowest BCUT2D eigenvalue weighted by Crippen LogP contribution is -2.31. The second-order valence-electron chi connectivity index (χ2n) is 4.33. The summed E-state index contributed by atoms with van der Waals surface area (Å²) in [5.74, 6) is 0.855. The summed E-state index contributed by atoms with van der Waals surface area (Å²) in [7, 11) is 0. The Morgan fingerprint density at radius 2 is 2.33 bits per heavy atom. The molecule has 0 saturated carbocycles. The van der Waals surface area contributed by atoms with E-state index in [2.05, 4.69) is 35.0 Å². The third-order valence-corrected chi connectivity index (χ3v) is 3.13. The van der Waals surface area contributed by atoms with Crippen molar-refractivity contribution in [1.29, 1.82) is 0 Å². The van der Waals surface area contributed by atoms with Crippen LogP contribution in [0.5, 0.6) is 0 Å². The van der Waals surface area contributed by atoms with Crippen LogP contribution in [0.3, 0.4) is 0 Å². The van der Waals surface area contributed by atoms with E-state index in [1.165, 1.54) is 11.1 Å². The number of aryl methyl sites for hydroxylation is 1. The predicted octanol–water partition coefficient (Wildman–Crippen LogP) is 1.61. The normalized spacial score (nSPS) is 23.5. The molecule has 1 fully saturated rings. The lowest BCUT2D eigenvalue weighted by molar-refractivity contribution is 0.245. The summed E-state index contributed by atoms with van der Waals surface area (Å²) < 4.78 is 0. The number of benzene rings is 1. The summed E-state index contributed by atoms with van der Waals surface area (Å²) in [6.07, 6.45) is 0.449. The molecule has 0 radical (unpaired) electrons. The summed E-state index contributed by atoms with van der Waals surface area (Å²) in [4.78, 5) is 6.71. The van der Waals surface area contributed by atoms with Crippen LogP contribution in [-0.4, -0.2) is 28.5 Å². The van der Waals surface area contributed by atoms with Crippen LogP contribution >= 0.6 is 0 Å². The molecule has 1 aromatic rings. The van der Waals surface area contributed by atoms with Crippen molar-refractivity contribution in [2.45, 2.75) is 26.0 Å². The molecule has 2 heterocycles. The lowest BCUT2D eigenvalue weighted by Gasteiger charge is -2.25. The molecule has 3 nitrogen and oxygen atoms in total. The van der Waals surface area contributed by atoms with Crippen molar-refractivity contribution in [1.82, 2.24) is 4.90 Å². The van der Waals surface area contributed by atoms with E-state index in [-0.39, 0.29) is 6.10 Å². The Morgan fingerprint density at radius 3 is 3.20 bits per heavy atom. The monoisotopic (exact) mass is 202 g/mol. The van der Waals surface area contributed by atoms with Crippen molar-refractivity contribution >= 4 is 11.5 Å². The topological polar surface area (TPSA) is 35.8 Å². The van der Waals surface area contributed by atoms with Crippen LogP contribution in [-0.2, 0) is 6.54 Å². The van der Waals surface area contributed by atoms with Gasteiger partial charge in [0.25, 0.3) is 0 Å². The van der Waals surface area contributed by atoms with Gasteiger partial charge in [-0.15, -0.1) is 0 Å². The van der Waals surface area contributed by atoms with Crippen LogP contribution in [0.1, 0.15) is 17.5 Å². The van der Waals surface area contributed by atoms with E-state index in [0.717, 1.165) is 31.0 Å². The summed E-state index contributed by atoms with van der Waals surface area (Å²) in [5.41, 5.74) is 3.51. The van der Waals surface area contributed by atoms with Crippen LogP contribution < -0.4 is 0 Å². The Bertz CT molecular complexity index is 439. The molecular weight excluding hydrogens is 188 g/mol. The smallest absolute Gasteiger partial charge is 0.134 e. The highest BCUT2D eigenvalue weighted by Crippen LogP contribution is 2.30. The maximum Gasteiger partial charge on any atom is 0.134 e. The van der Waals surface area contributed by atoms with Crippen LogP contribution in [0, 0.1) is 6.92 Å². The Labute approximate surface area is 89.1 Å². The van der Waals surface area contributed by atoms with Crippen molar-refractivity contribution in [3.8, 4) is 0 Å². The van der Waals surface area contributed by atoms with Crippen molar-refractivity contribution in [2.75, 3.05) is 6.54 Å². The van der Waals surface area contributed by atoms with Crippen LogP contribution in [0.4, 0.5) is 5.69 Å². The quantitative estimate of drug-likeness (QED) is 0.693. The second-order valence-corrected chi connectivity index (χ2v) is 4.33. The molecule has 0 aromatic heterocycles. The van der Waals surface area contributed by atoms with Gasteiger partial charge in [-0.2, -0.15) is 0 Å². The standard InChI is InChI=1S/C12H14N2O/c1-8-2-3-9-7-14-5-4-11(15)12(14)13-10(9)6-8/h2-3,6,11,15H,4-5,7H2,1H3. The minimum Gasteiger partial charge on any atom is -0.385 e. The third kappa shape index (κ3) is 1.35. The number of hydrogen-bond donors (Lipinski definition) is 1. The first-order chi connectivity index (χ1) is 7.24. The largest absolute Gasteiger partial charge is 0.385 e. The first kappa shape index (κ1) is 8.92. The van der Waals surface area contributed by atoms with Crippen molar-refractivity contribution in [2.24, 2.45) is 4.99 Å². The second kappa shape index (κ2) is 3.07. The number of aliphatic hydroxyl groups is 1. The van der Waals surface area contributed by atoms with E-state index in [0.29, 0.717) is 0 Å². The fourth-order valence-electron chi connectivity index (χ4n) is 2.28. The average Bonchev–Trinajstić information content (AvgIpc) is 2.57. The molecule has 1 aromatic carbocycles. The first-order valence-electron chi connectivity index (χ1n) is 5.35. The molecule has 0 amide bonds. The van der Waals surface area contributed by atoms with Gasteiger partial charge in [-0.05, 0) is 30.5 Å². The average molecular weight is 202 g/mol. The van der Waals surface area contributed by atoms with Gasteiger partial charge in [-0.3, -0.25) is 0 Å². The van der Waals surface area contributed by atoms with Crippen molar-refractivity contribution in [3.63, 3.8) is 0 Å². The molecule has 1 saturated heterocycles. The zero-order valence-electron chi connectivity index (χ0n) is 8.77. The van der Waals surface area contributed by atoms with E-state index in [4.69, 9.17) is 0 Å². The third-order valence-electron chi connectivity index (χ3n) is 3.13. The minimum absolute atomic E-state index is 0.362. The summed E-state index contributed by atoms with van der Waals surface area (Å²) in [6, 6.07) is 6.34. The number of hydrogen-bond acceptors (Lipinski definition) is 3. The predicted molar refractivity (Wildman–Crippen MR) is 59.3 cm³/mol. The first-order valence-corrected chi connectivity index (χ1v) is 5.35. The number of aliphatic imine (C=N–C) groups is 1. The Balaban J connectivity index is 2.09. The molecule has 2 aliphatic rings. The molecule has 1 unspecified atom stereocenters. The Hall–Kier alpha value is -1.35. The maximum atomic E-state index is 9.75. The number of rotatable bonds is 0. The minimum atomic E-state index is -0.362. The molecule has 3 rings (SSSR count). The highest BCUT2D eigenvalue weighted by atomic mass is 16.3. The van der Waals surface area contributed by atoms with Gasteiger partial charge < -0.3 is 10.0 Å². The van der Waals surface area contributed by atoms with E-state index >= 15 is 0 Å². The highest BCUT2D eigenvalue weighted by Gasteiger charge is 2.30. The van der Waals surface area contributed by atoms with E-state index in [9.17, 15) is 5.11 Å². The van der Waals surface area contributed by atoms with Gasteiger partial charge in [-0.1, -0.05) is 12.1 Å². The van der Waals surface area contributed by atoms with Gasteiger partial charge in [0.2, 0.25) is 0 Å².